The minimum Gasteiger partial charge on any atom is -1.00 e. The second-order valence-corrected chi connectivity index (χ2v) is 0. The molecule has 4 heavy (non-hydrogen) atoms. The molecule has 0 spiro atoms. The van der Waals surface area contributed by atoms with Gasteiger partial charge in [0.15, 0.2) is 17.4 Å². The normalized spacial score (nSPS) is 0. The van der Waals surface area contributed by atoms with Gasteiger partial charge in [-0.1, -0.05) is 0 Å². The van der Waals surface area contributed by atoms with Crippen molar-refractivity contribution in [1.29, 1.82) is 0 Å². The molecule has 0 rings (SSSR count). The molecule has 0 fully saturated rings. The van der Waals surface area contributed by atoms with Crippen LogP contribution in [-0.2, 0) is 39.0 Å². The summed E-state index contributed by atoms with van der Waals surface area (Å²) in [4.78, 5) is 0. The van der Waals surface area contributed by atoms with E-state index in [0.29, 0.717) is 0 Å². The largest absolute Gasteiger partial charge is 2.00 e. The molecule has 0 aromatic carbocycles. The SMILES string of the molecule is [AlH3].[H-].[H-].[Mg+2].[Zn].[Zn]. The molecular weight excluding hydrogens is 182 g/mol. The Morgan fingerprint density at radius 2 is 1.00 bits per heavy atom. The van der Waals surface area contributed by atoms with E-state index in [1.165, 1.54) is 0 Å². The topological polar surface area (TPSA) is 0 Å². The van der Waals surface area contributed by atoms with Crippen molar-refractivity contribution in [2.45, 2.75) is 0 Å². The first kappa shape index (κ1) is 31.1. The van der Waals surface area contributed by atoms with Gasteiger partial charge in [0.1, 0.15) is 0 Å². The molecule has 0 atom stereocenters. The summed E-state index contributed by atoms with van der Waals surface area (Å²) in [5, 5.41) is 0. The van der Waals surface area contributed by atoms with E-state index in [9.17, 15) is 0 Å². The van der Waals surface area contributed by atoms with Crippen LogP contribution in [0.15, 0.2) is 0 Å². The molecule has 0 aromatic rings. The second-order valence-electron chi connectivity index (χ2n) is 0. The van der Waals surface area contributed by atoms with Gasteiger partial charge in [-0.2, -0.15) is 0 Å². The zero-order chi connectivity index (χ0) is 0. The summed E-state index contributed by atoms with van der Waals surface area (Å²) in [7, 11) is 0. The van der Waals surface area contributed by atoms with Crippen LogP contribution < -0.4 is 0 Å². The van der Waals surface area contributed by atoms with Crippen molar-refractivity contribution < 1.29 is 41.8 Å². The quantitative estimate of drug-likeness (QED) is 0.411. The monoisotopic (exact) mass is 184 g/mol. The summed E-state index contributed by atoms with van der Waals surface area (Å²) in [6, 6.07) is 0. The summed E-state index contributed by atoms with van der Waals surface area (Å²) in [6.45, 7) is 0. The van der Waals surface area contributed by atoms with E-state index >= 15 is 0 Å². The maximum atomic E-state index is 0. The molecule has 0 aliphatic carbocycles. The van der Waals surface area contributed by atoms with Crippen molar-refractivity contribution in [1.82, 2.24) is 0 Å². The smallest absolute Gasteiger partial charge is 1.00 e. The van der Waals surface area contributed by atoms with Crippen LogP contribution >= 0.6 is 0 Å². The van der Waals surface area contributed by atoms with Gasteiger partial charge in [0.25, 0.3) is 0 Å². The van der Waals surface area contributed by atoms with Gasteiger partial charge in [-0.3, -0.25) is 0 Å². The number of hydrogen-bond donors (Lipinski definition) is 0. The van der Waals surface area contributed by atoms with Gasteiger partial charge < -0.3 is 2.85 Å². The van der Waals surface area contributed by atoms with E-state index in [2.05, 4.69) is 0 Å². The molecule has 0 amide bonds. The molecule has 0 unspecified atom stereocenters. The molecule has 0 bridgehead atoms. The third kappa shape index (κ3) is 8.82. The predicted molar refractivity (Wildman–Crippen MR) is 17.9 cm³/mol. The van der Waals surface area contributed by atoms with Crippen LogP contribution in [0.4, 0.5) is 0 Å². The van der Waals surface area contributed by atoms with Gasteiger partial charge in [-0.25, -0.2) is 0 Å². The number of hydrogen-bond acceptors (Lipinski definition) is 0. The Morgan fingerprint density at radius 1 is 1.00 bits per heavy atom. The van der Waals surface area contributed by atoms with Gasteiger partial charge in [0.2, 0.25) is 0 Å². The van der Waals surface area contributed by atoms with Gasteiger partial charge >= 0.3 is 23.1 Å². The Hall–Kier alpha value is 2.55. The van der Waals surface area contributed by atoms with E-state index in [-0.39, 0.29) is 82.2 Å². The molecule has 0 aliphatic rings. The van der Waals surface area contributed by atoms with Crippen LogP contribution in [0.3, 0.4) is 0 Å². The zero-order valence-electron chi connectivity index (χ0n) is 4.12. The van der Waals surface area contributed by atoms with Crippen LogP contribution in [0, 0.1) is 0 Å². The summed E-state index contributed by atoms with van der Waals surface area (Å²) < 4.78 is 0. The van der Waals surface area contributed by atoms with Crippen molar-refractivity contribution >= 4 is 40.4 Å². The minimum atomic E-state index is 0. The Kier molecular flexibility index (Phi) is 137. The van der Waals surface area contributed by atoms with Gasteiger partial charge in [-0.15, -0.1) is 0 Å². The second kappa shape index (κ2) is 17.7. The maximum absolute atomic E-state index is 0. The van der Waals surface area contributed by atoms with Crippen molar-refractivity contribution in [3.63, 3.8) is 0 Å². The fraction of sp³-hybridized carbons (Fsp3) is 0. The molecule has 0 saturated heterocycles. The molecule has 0 heterocycles. The molecule has 0 aromatic heterocycles. The van der Waals surface area contributed by atoms with Crippen molar-refractivity contribution in [3.05, 3.63) is 0 Å². The predicted octanol–water partition coefficient (Wildman–Crippen LogP) is -1.34. The average Bonchev–Trinajstić information content (AvgIpc) is 0. The fourth-order valence-electron chi connectivity index (χ4n) is 0. The molecule has 0 N–H and O–H groups in total. The van der Waals surface area contributed by atoms with E-state index in [0.717, 1.165) is 0 Å². The van der Waals surface area contributed by atoms with Crippen LogP contribution in [-0.4, -0.2) is 40.4 Å². The van der Waals surface area contributed by atoms with Crippen LogP contribution in [0.1, 0.15) is 2.85 Å². The van der Waals surface area contributed by atoms with Gasteiger partial charge in [-0.05, 0) is 0 Å². The Bertz CT molecular complexity index is 11.5. The standard InChI is InChI=1S/Al.Mg.2Zn.5H/q;+2;;;;;;2*-1. The summed E-state index contributed by atoms with van der Waals surface area (Å²) in [5.74, 6) is 0. The summed E-state index contributed by atoms with van der Waals surface area (Å²) >= 11 is 0. The summed E-state index contributed by atoms with van der Waals surface area (Å²) in [5.41, 5.74) is 0. The Balaban J connectivity index is 0. The molecule has 0 aliphatic heterocycles. The van der Waals surface area contributed by atoms with Gasteiger partial charge in [0, 0.05) is 39.0 Å². The van der Waals surface area contributed by atoms with E-state index in [1.54, 1.807) is 0 Å². The van der Waals surface area contributed by atoms with Crippen LogP contribution in [0.5, 0.6) is 0 Å². The molecular formula is H5AlMgZn2. The van der Waals surface area contributed by atoms with Crippen LogP contribution in [0.2, 0.25) is 0 Å². The molecule has 0 radical (unpaired) electrons. The van der Waals surface area contributed by atoms with E-state index in [1.807, 2.05) is 0 Å². The molecule has 14 valence electrons. The Labute approximate surface area is 81.2 Å². The molecule has 0 saturated carbocycles. The van der Waals surface area contributed by atoms with Gasteiger partial charge in [0.05, 0.1) is 0 Å². The molecule has 4 heteroatoms. The molecule has 0 nitrogen and oxygen atoms in total. The number of rotatable bonds is 0. The fourth-order valence-corrected chi connectivity index (χ4v) is 0. The first-order valence-corrected chi connectivity index (χ1v) is 0. The first-order chi connectivity index (χ1) is 0. The summed E-state index contributed by atoms with van der Waals surface area (Å²) in [6.07, 6.45) is 0. The van der Waals surface area contributed by atoms with Crippen molar-refractivity contribution in [2.75, 3.05) is 0 Å². The van der Waals surface area contributed by atoms with Crippen molar-refractivity contribution in [2.24, 2.45) is 0 Å². The third-order valence-corrected chi connectivity index (χ3v) is 0. The van der Waals surface area contributed by atoms with E-state index in [4.69, 9.17) is 0 Å². The maximum Gasteiger partial charge on any atom is 2.00 e. The average molecular weight is 187 g/mol. The Morgan fingerprint density at radius 3 is 1.00 bits per heavy atom. The van der Waals surface area contributed by atoms with Crippen LogP contribution in [0.25, 0.3) is 0 Å². The van der Waals surface area contributed by atoms with E-state index < -0.39 is 0 Å². The minimum absolute atomic E-state index is 0. The zero-order valence-corrected chi connectivity index (χ0v) is 9.47. The third-order valence-electron chi connectivity index (χ3n) is 0. The van der Waals surface area contributed by atoms with Crippen molar-refractivity contribution in [3.8, 4) is 0 Å². The first-order valence-electron chi connectivity index (χ1n) is 0.